The fourth-order valence-electron chi connectivity index (χ4n) is 2.11. The molecule has 2 aromatic rings. The second-order valence-corrected chi connectivity index (χ2v) is 6.85. The number of nitro groups is 1. The van der Waals surface area contributed by atoms with E-state index in [1.54, 1.807) is 30.3 Å². The molecule has 0 atom stereocenters. The molecule has 0 bridgehead atoms. The van der Waals surface area contributed by atoms with Gasteiger partial charge in [0.1, 0.15) is 16.7 Å². The number of rotatable bonds is 5. The highest BCUT2D eigenvalue weighted by Gasteiger charge is 2.21. The van der Waals surface area contributed by atoms with Gasteiger partial charge >= 0.3 is 0 Å². The maximum atomic E-state index is 11.6. The van der Waals surface area contributed by atoms with Gasteiger partial charge in [0.15, 0.2) is 0 Å². The molecular weight excluding hydrogens is 360 g/mol. The van der Waals surface area contributed by atoms with Crippen molar-refractivity contribution in [1.29, 1.82) is 0 Å². The minimum atomic E-state index is -0.437. The molecule has 0 radical (unpaired) electrons. The summed E-state index contributed by atoms with van der Waals surface area (Å²) in [5.74, 6) is 0.480. The highest BCUT2D eigenvalue weighted by Crippen LogP contribution is 2.26. The van der Waals surface area contributed by atoms with Crippen LogP contribution >= 0.6 is 24.0 Å². The average Bonchev–Trinajstić information content (AvgIpc) is 2.92. The first kappa shape index (κ1) is 17.1. The molecule has 1 heterocycles. The lowest BCUT2D eigenvalue weighted by Gasteiger charge is -2.06. The molecule has 0 aromatic heterocycles. The Bertz CT molecular complexity index is 861. The van der Waals surface area contributed by atoms with Crippen LogP contribution in [0.3, 0.4) is 0 Å². The smallest absolute Gasteiger partial charge is 0.269 e. The zero-order valence-corrected chi connectivity index (χ0v) is 14.4. The lowest BCUT2D eigenvalue weighted by molar-refractivity contribution is -0.384. The number of amides is 1. The van der Waals surface area contributed by atoms with Crippen molar-refractivity contribution in [3.8, 4) is 5.75 Å². The van der Waals surface area contributed by atoms with Crippen LogP contribution in [0.25, 0.3) is 6.08 Å². The van der Waals surface area contributed by atoms with Crippen LogP contribution in [0.4, 0.5) is 5.69 Å². The monoisotopic (exact) mass is 372 g/mol. The van der Waals surface area contributed by atoms with Crippen molar-refractivity contribution in [3.05, 3.63) is 74.7 Å². The summed E-state index contributed by atoms with van der Waals surface area (Å²) in [4.78, 5) is 22.4. The van der Waals surface area contributed by atoms with Crippen LogP contribution in [0.15, 0.2) is 53.4 Å². The molecule has 1 aliphatic rings. The molecule has 0 unspecified atom stereocenters. The molecule has 2 aromatic carbocycles. The van der Waals surface area contributed by atoms with Gasteiger partial charge in [-0.2, -0.15) is 0 Å². The van der Waals surface area contributed by atoms with Crippen LogP contribution in [0.1, 0.15) is 11.1 Å². The molecule has 8 heteroatoms. The van der Waals surface area contributed by atoms with Gasteiger partial charge in [0.2, 0.25) is 0 Å². The number of benzene rings is 2. The Hall–Kier alpha value is -2.71. The second kappa shape index (κ2) is 7.45. The number of thiocarbonyl (C=S) groups is 1. The maximum absolute atomic E-state index is 11.6. The van der Waals surface area contributed by atoms with Gasteiger partial charge in [-0.05, 0) is 41.5 Å². The number of ether oxygens (including phenoxy) is 1. The van der Waals surface area contributed by atoms with Crippen LogP contribution in [0.2, 0.25) is 0 Å². The van der Waals surface area contributed by atoms with Crippen molar-refractivity contribution in [1.82, 2.24) is 5.32 Å². The Balaban J connectivity index is 1.61. The number of carbonyl (C=O) groups is 1. The molecule has 1 N–H and O–H groups in total. The predicted octanol–water partition coefficient (Wildman–Crippen LogP) is 3.66. The highest BCUT2D eigenvalue weighted by molar-refractivity contribution is 8.26. The van der Waals surface area contributed by atoms with Crippen LogP contribution in [0.5, 0.6) is 5.75 Å². The number of hydrogen-bond acceptors (Lipinski definition) is 6. The third-order valence-corrected chi connectivity index (χ3v) is 4.54. The lowest BCUT2D eigenvalue weighted by atomic mass is 10.2. The summed E-state index contributed by atoms with van der Waals surface area (Å²) in [7, 11) is 0. The zero-order valence-electron chi connectivity index (χ0n) is 12.8. The number of carbonyl (C=O) groups excluding carboxylic acids is 1. The Morgan fingerprint density at radius 3 is 2.40 bits per heavy atom. The third kappa shape index (κ3) is 4.43. The topological polar surface area (TPSA) is 81.5 Å². The summed E-state index contributed by atoms with van der Waals surface area (Å²) in [5, 5.41) is 13.2. The first-order chi connectivity index (χ1) is 12.0. The van der Waals surface area contributed by atoms with Crippen molar-refractivity contribution < 1.29 is 14.5 Å². The summed E-state index contributed by atoms with van der Waals surface area (Å²) < 4.78 is 6.12. The Morgan fingerprint density at radius 1 is 1.16 bits per heavy atom. The van der Waals surface area contributed by atoms with E-state index in [9.17, 15) is 14.9 Å². The van der Waals surface area contributed by atoms with E-state index in [0.717, 1.165) is 11.1 Å². The SMILES string of the molecule is O=C1NC(=S)SC1=Cc1ccc(OCc2ccc([N+](=O)[O-])cc2)cc1. The molecule has 6 nitrogen and oxygen atoms in total. The Morgan fingerprint density at radius 2 is 1.84 bits per heavy atom. The van der Waals surface area contributed by atoms with Gasteiger partial charge in [-0.3, -0.25) is 14.9 Å². The van der Waals surface area contributed by atoms with Gasteiger partial charge in [-0.25, -0.2) is 0 Å². The van der Waals surface area contributed by atoms with Crippen molar-refractivity contribution >= 4 is 46.0 Å². The number of nitrogens with zero attached hydrogens (tertiary/aromatic N) is 1. The summed E-state index contributed by atoms with van der Waals surface area (Å²) in [6, 6.07) is 13.5. The van der Waals surface area contributed by atoms with Crippen molar-refractivity contribution in [3.63, 3.8) is 0 Å². The maximum Gasteiger partial charge on any atom is 0.269 e. The minimum absolute atomic E-state index is 0.0504. The molecule has 1 aliphatic heterocycles. The summed E-state index contributed by atoms with van der Waals surface area (Å²) in [5.41, 5.74) is 1.75. The van der Waals surface area contributed by atoms with Crippen molar-refractivity contribution in [2.45, 2.75) is 6.61 Å². The van der Waals surface area contributed by atoms with Gasteiger partial charge in [0, 0.05) is 12.1 Å². The molecule has 1 saturated heterocycles. The number of non-ortho nitro benzene ring substituents is 1. The van der Waals surface area contributed by atoms with Crippen LogP contribution in [-0.2, 0) is 11.4 Å². The molecule has 3 rings (SSSR count). The second-order valence-electron chi connectivity index (χ2n) is 5.13. The van der Waals surface area contributed by atoms with E-state index >= 15 is 0 Å². The quantitative estimate of drug-likeness (QED) is 0.373. The number of thioether (sulfide) groups is 1. The molecule has 25 heavy (non-hydrogen) atoms. The molecule has 0 saturated carbocycles. The molecule has 0 aliphatic carbocycles. The van der Waals surface area contributed by atoms with E-state index < -0.39 is 4.92 Å². The normalized spacial score (nSPS) is 15.3. The van der Waals surface area contributed by atoms with Gasteiger partial charge in [0.05, 0.1) is 9.83 Å². The van der Waals surface area contributed by atoms with Gasteiger partial charge in [-0.15, -0.1) is 0 Å². The highest BCUT2D eigenvalue weighted by atomic mass is 32.2. The lowest BCUT2D eigenvalue weighted by Crippen LogP contribution is -2.17. The summed E-state index contributed by atoms with van der Waals surface area (Å²) >= 11 is 6.18. The van der Waals surface area contributed by atoms with Gasteiger partial charge in [-0.1, -0.05) is 36.1 Å². The first-order valence-electron chi connectivity index (χ1n) is 7.22. The van der Waals surface area contributed by atoms with Crippen molar-refractivity contribution in [2.24, 2.45) is 0 Å². The summed E-state index contributed by atoms with van der Waals surface area (Å²) in [6.07, 6.45) is 1.76. The molecular formula is C17H12N2O4S2. The van der Waals surface area contributed by atoms with Crippen LogP contribution in [0, 0.1) is 10.1 Å². The largest absolute Gasteiger partial charge is 0.489 e. The fraction of sp³-hybridized carbons (Fsp3) is 0.0588. The molecule has 1 fully saturated rings. The third-order valence-electron chi connectivity index (χ3n) is 3.37. The van der Waals surface area contributed by atoms with E-state index in [-0.39, 0.29) is 11.6 Å². The van der Waals surface area contributed by atoms with Gasteiger partial charge in [0.25, 0.3) is 11.6 Å². The Kier molecular flexibility index (Phi) is 5.11. The first-order valence-corrected chi connectivity index (χ1v) is 8.45. The van der Waals surface area contributed by atoms with Crippen LogP contribution < -0.4 is 10.1 Å². The Labute approximate surface area is 153 Å². The van der Waals surface area contributed by atoms with E-state index in [4.69, 9.17) is 17.0 Å². The minimum Gasteiger partial charge on any atom is -0.489 e. The zero-order chi connectivity index (χ0) is 17.8. The van der Waals surface area contributed by atoms with Crippen molar-refractivity contribution in [2.75, 3.05) is 0 Å². The number of nitrogens with one attached hydrogen (secondary N) is 1. The van der Waals surface area contributed by atoms with E-state index in [2.05, 4.69) is 5.32 Å². The van der Waals surface area contributed by atoms with E-state index in [1.165, 1.54) is 23.9 Å². The molecule has 126 valence electrons. The number of nitro benzene ring substituents is 1. The predicted molar refractivity (Wildman–Crippen MR) is 100 cm³/mol. The molecule has 1 amide bonds. The van der Waals surface area contributed by atoms with Gasteiger partial charge < -0.3 is 10.1 Å². The summed E-state index contributed by atoms with van der Waals surface area (Å²) in [6.45, 7) is 0.310. The van der Waals surface area contributed by atoms with E-state index in [1.807, 2.05) is 12.1 Å². The van der Waals surface area contributed by atoms with E-state index in [0.29, 0.717) is 21.6 Å². The standard InChI is InChI=1S/C17H12N2O4S2/c20-16-15(25-17(24)18-16)9-11-3-7-14(8-4-11)23-10-12-1-5-13(6-2-12)19(21)22/h1-9H,10H2,(H,18,20,24). The number of hydrogen-bond donors (Lipinski definition) is 1. The fourth-order valence-corrected chi connectivity index (χ4v) is 3.16. The average molecular weight is 372 g/mol. The molecule has 0 spiro atoms. The van der Waals surface area contributed by atoms with Crippen LogP contribution in [-0.4, -0.2) is 15.2 Å².